The molecule has 1 amide bonds. The molecule has 1 N–H and O–H groups in total. The fraction of sp³-hybridized carbons (Fsp3) is 0.462. The summed E-state index contributed by atoms with van der Waals surface area (Å²) in [7, 11) is -2.05. The predicted octanol–water partition coefficient (Wildman–Crippen LogP) is 0.203. The Balaban J connectivity index is 2.31. The van der Waals surface area contributed by atoms with Crippen molar-refractivity contribution < 1.29 is 18.3 Å². The molecule has 1 aromatic carbocycles. The van der Waals surface area contributed by atoms with Crippen LogP contribution in [0.2, 0.25) is 0 Å². The molecule has 0 spiro atoms. The standard InChI is InChI=1S/C13H18N2O4S/c1-10(16)11-4-3-5-12(8-11)20(18,19)15-7-6-14(2)13(17)9-15/h3-5,8,10,16H,6-7,9H2,1-2H3. The van der Waals surface area contributed by atoms with Gasteiger partial charge in [0, 0.05) is 20.1 Å². The van der Waals surface area contributed by atoms with Gasteiger partial charge in [-0.15, -0.1) is 0 Å². The van der Waals surface area contributed by atoms with E-state index in [9.17, 15) is 18.3 Å². The minimum absolute atomic E-state index is 0.105. The van der Waals surface area contributed by atoms with Crippen LogP contribution in [0.15, 0.2) is 29.2 Å². The Kier molecular flexibility index (Phi) is 4.12. The molecule has 7 heteroatoms. The molecule has 1 fully saturated rings. The number of hydrogen-bond acceptors (Lipinski definition) is 4. The molecule has 0 aromatic heterocycles. The molecule has 1 heterocycles. The molecule has 1 aliphatic heterocycles. The largest absolute Gasteiger partial charge is 0.389 e. The van der Waals surface area contributed by atoms with Crippen LogP contribution in [-0.2, 0) is 14.8 Å². The molecule has 0 saturated carbocycles. The number of benzene rings is 1. The summed E-state index contributed by atoms with van der Waals surface area (Å²) in [6, 6.07) is 6.18. The van der Waals surface area contributed by atoms with Crippen molar-refractivity contribution in [1.82, 2.24) is 9.21 Å². The Morgan fingerprint density at radius 1 is 1.30 bits per heavy atom. The maximum Gasteiger partial charge on any atom is 0.243 e. The first-order valence-corrected chi connectivity index (χ1v) is 7.78. The third kappa shape index (κ3) is 2.84. The van der Waals surface area contributed by atoms with Gasteiger partial charge in [-0.25, -0.2) is 8.42 Å². The monoisotopic (exact) mass is 298 g/mol. The summed E-state index contributed by atoms with van der Waals surface area (Å²) in [6.07, 6.45) is -0.737. The number of hydrogen-bond donors (Lipinski definition) is 1. The van der Waals surface area contributed by atoms with Crippen molar-refractivity contribution >= 4 is 15.9 Å². The quantitative estimate of drug-likeness (QED) is 0.865. The summed E-state index contributed by atoms with van der Waals surface area (Å²) in [5.74, 6) is -0.216. The smallest absolute Gasteiger partial charge is 0.243 e. The summed E-state index contributed by atoms with van der Waals surface area (Å²) < 4.78 is 26.2. The number of carbonyl (C=O) groups excluding carboxylic acids is 1. The minimum atomic E-state index is -3.70. The zero-order chi connectivity index (χ0) is 14.9. The van der Waals surface area contributed by atoms with Gasteiger partial charge in [-0.3, -0.25) is 4.79 Å². The third-order valence-electron chi connectivity index (χ3n) is 3.40. The number of likely N-dealkylation sites (N-methyl/N-ethyl adjacent to an activating group) is 1. The van der Waals surface area contributed by atoms with Crippen LogP contribution in [-0.4, -0.2) is 55.3 Å². The number of sulfonamides is 1. The highest BCUT2D eigenvalue weighted by Crippen LogP contribution is 2.21. The molecule has 2 rings (SSSR count). The van der Waals surface area contributed by atoms with E-state index in [-0.39, 0.29) is 23.9 Å². The van der Waals surface area contributed by atoms with Crippen LogP contribution in [0.1, 0.15) is 18.6 Å². The first-order valence-electron chi connectivity index (χ1n) is 6.34. The van der Waals surface area contributed by atoms with Crippen LogP contribution in [0.25, 0.3) is 0 Å². The first-order chi connectivity index (χ1) is 9.32. The Morgan fingerprint density at radius 3 is 2.60 bits per heavy atom. The van der Waals surface area contributed by atoms with Crippen molar-refractivity contribution in [3.63, 3.8) is 0 Å². The zero-order valence-electron chi connectivity index (χ0n) is 11.5. The second kappa shape index (κ2) is 5.51. The van der Waals surface area contributed by atoms with E-state index < -0.39 is 16.1 Å². The molecular formula is C13H18N2O4S. The maximum absolute atomic E-state index is 12.5. The van der Waals surface area contributed by atoms with Crippen molar-refractivity contribution in [1.29, 1.82) is 0 Å². The van der Waals surface area contributed by atoms with Gasteiger partial charge in [0.15, 0.2) is 0 Å². The molecule has 0 aliphatic carbocycles. The summed E-state index contributed by atoms with van der Waals surface area (Å²) in [4.78, 5) is 13.3. The first kappa shape index (κ1) is 15.0. The molecule has 0 radical (unpaired) electrons. The summed E-state index contributed by atoms with van der Waals surface area (Å²) in [5, 5.41) is 9.53. The third-order valence-corrected chi connectivity index (χ3v) is 5.24. The summed E-state index contributed by atoms with van der Waals surface area (Å²) in [6.45, 7) is 2.10. The van der Waals surface area contributed by atoms with Crippen LogP contribution in [0.3, 0.4) is 0 Å². The second-order valence-corrected chi connectivity index (χ2v) is 6.84. The summed E-state index contributed by atoms with van der Waals surface area (Å²) in [5.41, 5.74) is 0.534. The fourth-order valence-electron chi connectivity index (χ4n) is 2.03. The van der Waals surface area contributed by atoms with Crippen LogP contribution in [0.5, 0.6) is 0 Å². The van der Waals surface area contributed by atoms with E-state index in [1.54, 1.807) is 26.1 Å². The van der Waals surface area contributed by atoms with E-state index >= 15 is 0 Å². The van der Waals surface area contributed by atoms with Crippen molar-refractivity contribution in [2.45, 2.75) is 17.9 Å². The maximum atomic E-state index is 12.5. The van der Waals surface area contributed by atoms with Crippen LogP contribution < -0.4 is 0 Å². The van der Waals surface area contributed by atoms with Gasteiger partial charge in [-0.2, -0.15) is 4.31 Å². The van der Waals surface area contributed by atoms with Gasteiger partial charge in [0.25, 0.3) is 0 Å². The van der Waals surface area contributed by atoms with Crippen molar-refractivity contribution in [3.05, 3.63) is 29.8 Å². The predicted molar refractivity (Wildman–Crippen MR) is 73.5 cm³/mol. The highest BCUT2D eigenvalue weighted by Gasteiger charge is 2.31. The highest BCUT2D eigenvalue weighted by molar-refractivity contribution is 7.89. The number of carbonyl (C=O) groups is 1. The SMILES string of the molecule is CC(O)c1cccc(S(=O)(=O)N2CCN(C)C(=O)C2)c1. The van der Waals surface area contributed by atoms with E-state index in [4.69, 9.17) is 0 Å². The molecular weight excluding hydrogens is 280 g/mol. The average molecular weight is 298 g/mol. The minimum Gasteiger partial charge on any atom is -0.389 e. The van der Waals surface area contributed by atoms with Gasteiger partial charge in [0.05, 0.1) is 17.5 Å². The summed E-state index contributed by atoms with van der Waals surface area (Å²) >= 11 is 0. The van der Waals surface area contributed by atoms with Crippen molar-refractivity contribution in [2.24, 2.45) is 0 Å². The van der Waals surface area contributed by atoms with E-state index in [0.717, 1.165) is 0 Å². The average Bonchev–Trinajstić information content (AvgIpc) is 2.42. The van der Waals surface area contributed by atoms with Gasteiger partial charge in [-0.05, 0) is 24.6 Å². The molecule has 1 unspecified atom stereocenters. The lowest BCUT2D eigenvalue weighted by atomic mass is 10.1. The zero-order valence-corrected chi connectivity index (χ0v) is 12.3. The molecule has 1 aliphatic rings. The van der Waals surface area contributed by atoms with Crippen LogP contribution >= 0.6 is 0 Å². The lowest BCUT2D eigenvalue weighted by molar-refractivity contribution is -0.132. The number of piperazine rings is 1. The van der Waals surface area contributed by atoms with Gasteiger partial charge < -0.3 is 10.0 Å². The van der Waals surface area contributed by atoms with E-state index in [1.165, 1.54) is 21.3 Å². The number of aliphatic hydroxyl groups excluding tert-OH is 1. The second-order valence-electron chi connectivity index (χ2n) is 4.90. The Morgan fingerprint density at radius 2 is 2.00 bits per heavy atom. The molecule has 20 heavy (non-hydrogen) atoms. The van der Waals surface area contributed by atoms with Gasteiger partial charge >= 0.3 is 0 Å². The molecule has 1 saturated heterocycles. The van der Waals surface area contributed by atoms with E-state index in [1.807, 2.05) is 0 Å². The molecule has 6 nitrogen and oxygen atoms in total. The van der Waals surface area contributed by atoms with E-state index in [0.29, 0.717) is 12.1 Å². The molecule has 0 bridgehead atoms. The van der Waals surface area contributed by atoms with Gasteiger partial charge in [0.2, 0.25) is 15.9 Å². The van der Waals surface area contributed by atoms with E-state index in [2.05, 4.69) is 0 Å². The Bertz CT molecular complexity index is 613. The van der Waals surface area contributed by atoms with Gasteiger partial charge in [0.1, 0.15) is 0 Å². The lowest BCUT2D eigenvalue weighted by Gasteiger charge is -2.31. The van der Waals surface area contributed by atoms with Gasteiger partial charge in [-0.1, -0.05) is 12.1 Å². The fourth-order valence-corrected chi connectivity index (χ4v) is 3.46. The highest BCUT2D eigenvalue weighted by atomic mass is 32.2. The van der Waals surface area contributed by atoms with Crippen LogP contribution in [0, 0.1) is 0 Å². The Labute approximate surface area is 118 Å². The number of amides is 1. The molecule has 1 aromatic rings. The Hall–Kier alpha value is -1.44. The number of nitrogens with zero attached hydrogens (tertiary/aromatic N) is 2. The lowest BCUT2D eigenvalue weighted by Crippen LogP contribution is -2.50. The number of rotatable bonds is 3. The topological polar surface area (TPSA) is 77.9 Å². The van der Waals surface area contributed by atoms with Crippen molar-refractivity contribution in [3.8, 4) is 0 Å². The van der Waals surface area contributed by atoms with Crippen molar-refractivity contribution in [2.75, 3.05) is 26.7 Å². The van der Waals surface area contributed by atoms with Crippen LogP contribution in [0.4, 0.5) is 0 Å². The normalized spacial score (nSPS) is 19.1. The number of aliphatic hydroxyl groups is 1. The molecule has 1 atom stereocenters. The molecule has 110 valence electrons.